The number of aromatic nitrogens is 1. The average Bonchev–Trinajstić information content (AvgIpc) is 3.57. The topological polar surface area (TPSA) is 125 Å². The molecule has 204 valence electrons. The monoisotopic (exact) mass is 542 g/mol. The number of fused-ring (bicyclic) bond motifs is 1. The number of para-hydroxylation sites is 1. The first kappa shape index (κ1) is 27.8. The summed E-state index contributed by atoms with van der Waals surface area (Å²) in [5.41, 5.74) is 2.15. The van der Waals surface area contributed by atoms with Crippen LogP contribution in [0.25, 0.3) is 10.9 Å². The number of unbranched alkanes of at least 4 members (excludes halogenated alkanes) is 1. The van der Waals surface area contributed by atoms with Gasteiger partial charge >= 0.3 is 0 Å². The zero-order chi connectivity index (χ0) is 27.1. The number of hydrogen-bond acceptors (Lipinski definition) is 6. The smallest absolute Gasteiger partial charge is 0.267 e. The minimum absolute atomic E-state index is 0.0533. The highest BCUT2D eigenvalue weighted by Gasteiger charge is 2.27. The van der Waals surface area contributed by atoms with E-state index < -0.39 is 5.91 Å². The second-order valence-corrected chi connectivity index (χ2v) is 9.81. The Kier molecular flexibility index (Phi) is 9.49. The van der Waals surface area contributed by atoms with E-state index in [9.17, 15) is 14.7 Å². The molecule has 0 radical (unpaired) electrons. The number of phenols is 1. The summed E-state index contributed by atoms with van der Waals surface area (Å²) in [6.45, 7) is 4.14. The number of methoxy groups -OCH3 is 1. The minimum atomic E-state index is -0.433. The Balaban J connectivity index is 1.14. The first-order chi connectivity index (χ1) is 18.4. The Hall–Kier alpha value is -3.27. The van der Waals surface area contributed by atoms with E-state index in [-0.39, 0.29) is 40.1 Å². The number of halogens is 1. The molecule has 2 amide bonds. The molecule has 5 N–H and O–H groups in total. The summed E-state index contributed by atoms with van der Waals surface area (Å²) >= 11 is 6.25. The van der Waals surface area contributed by atoms with Crippen molar-refractivity contribution in [3.8, 4) is 11.5 Å². The molecule has 2 atom stereocenters. The van der Waals surface area contributed by atoms with Crippen LogP contribution < -0.4 is 20.7 Å². The number of hydrogen-bond donors (Lipinski definition) is 5. The van der Waals surface area contributed by atoms with Crippen LogP contribution >= 0.6 is 11.6 Å². The highest BCUT2D eigenvalue weighted by atomic mass is 35.5. The molecule has 0 unspecified atom stereocenters. The van der Waals surface area contributed by atoms with Gasteiger partial charge in [-0.2, -0.15) is 0 Å². The van der Waals surface area contributed by atoms with Crippen LogP contribution in [0.4, 0.5) is 0 Å². The molecule has 2 aromatic carbocycles. The van der Waals surface area contributed by atoms with Gasteiger partial charge in [-0.15, -0.1) is 0 Å². The van der Waals surface area contributed by atoms with Gasteiger partial charge in [-0.25, -0.2) is 0 Å². The molecule has 1 aliphatic rings. The van der Waals surface area contributed by atoms with E-state index in [0.717, 1.165) is 30.2 Å². The van der Waals surface area contributed by atoms with Crippen molar-refractivity contribution in [1.29, 1.82) is 0 Å². The van der Waals surface area contributed by atoms with Crippen LogP contribution in [0.1, 0.15) is 52.6 Å². The van der Waals surface area contributed by atoms with Gasteiger partial charge in [0.25, 0.3) is 11.8 Å². The van der Waals surface area contributed by atoms with Crippen molar-refractivity contribution >= 4 is 34.3 Å². The van der Waals surface area contributed by atoms with Crippen molar-refractivity contribution in [3.63, 3.8) is 0 Å². The highest BCUT2D eigenvalue weighted by molar-refractivity contribution is 6.33. The van der Waals surface area contributed by atoms with Crippen molar-refractivity contribution in [2.24, 2.45) is 0 Å². The molecule has 4 rings (SSSR count). The molecule has 0 bridgehead atoms. The molecule has 10 heteroatoms. The largest absolute Gasteiger partial charge is 0.507 e. The van der Waals surface area contributed by atoms with Crippen LogP contribution in [0.5, 0.6) is 11.5 Å². The summed E-state index contributed by atoms with van der Waals surface area (Å²) in [5, 5.41) is 21.0. The Bertz CT molecular complexity index is 1240. The number of aromatic amines is 1. The van der Waals surface area contributed by atoms with E-state index in [2.05, 4.69) is 20.9 Å². The van der Waals surface area contributed by atoms with E-state index in [0.29, 0.717) is 43.9 Å². The molecule has 1 aromatic heterocycles. The number of benzene rings is 2. The molecular weight excluding hydrogens is 508 g/mol. The van der Waals surface area contributed by atoms with Crippen molar-refractivity contribution in [2.45, 2.75) is 44.8 Å². The van der Waals surface area contributed by atoms with Crippen molar-refractivity contribution in [2.75, 3.05) is 33.4 Å². The highest BCUT2D eigenvalue weighted by Crippen LogP contribution is 2.38. The first-order valence-corrected chi connectivity index (χ1v) is 13.4. The van der Waals surface area contributed by atoms with E-state index in [4.69, 9.17) is 21.1 Å². The fourth-order valence-electron chi connectivity index (χ4n) is 4.69. The molecular formula is C28H35ClN4O5. The van der Waals surface area contributed by atoms with Gasteiger partial charge in [0, 0.05) is 43.2 Å². The number of nitrogens with one attached hydrogen (secondary N) is 4. The normalized spacial score (nSPS) is 17.0. The third kappa shape index (κ3) is 6.59. The zero-order valence-corrected chi connectivity index (χ0v) is 22.5. The molecule has 38 heavy (non-hydrogen) atoms. The number of H-pyrrole nitrogens is 1. The van der Waals surface area contributed by atoms with Crippen molar-refractivity contribution in [3.05, 3.63) is 58.2 Å². The van der Waals surface area contributed by atoms with E-state index in [1.54, 1.807) is 6.07 Å². The molecule has 0 spiro atoms. The number of amides is 2. The lowest BCUT2D eigenvalue weighted by Gasteiger charge is -2.17. The summed E-state index contributed by atoms with van der Waals surface area (Å²) in [6, 6.07) is 11.3. The maximum Gasteiger partial charge on any atom is 0.267 e. The predicted octanol–water partition coefficient (Wildman–Crippen LogP) is 3.79. The van der Waals surface area contributed by atoms with Gasteiger partial charge in [-0.3, -0.25) is 9.59 Å². The van der Waals surface area contributed by atoms with Gasteiger partial charge in [0.15, 0.2) is 5.75 Å². The summed E-state index contributed by atoms with van der Waals surface area (Å²) in [6.07, 6.45) is 3.00. The van der Waals surface area contributed by atoms with Gasteiger partial charge in [-0.1, -0.05) is 36.7 Å². The summed E-state index contributed by atoms with van der Waals surface area (Å²) in [4.78, 5) is 28.4. The van der Waals surface area contributed by atoms with Gasteiger partial charge < -0.3 is 35.5 Å². The molecule has 0 saturated carbocycles. The second kappa shape index (κ2) is 13.0. The van der Waals surface area contributed by atoms with Crippen LogP contribution in [0.2, 0.25) is 5.02 Å². The molecule has 3 aromatic rings. The standard InChI is InChI=1S/C28H35ClN4O5/c1-3-17-12-21(29)26(37-2)24(25(17)34)28(36)32-15-19-14-20(16-31-19)38-11-7-6-10-30-27(35)23-13-18-8-4-5-9-22(18)33-23/h4-5,8-9,12-13,19-20,31,33-34H,3,6-7,10-11,14-16H2,1-2H3,(H,30,35)(H,32,36)/t19-,20+/m0/s1. The maximum absolute atomic E-state index is 12.9. The number of aryl methyl sites for hydroxylation is 1. The lowest BCUT2D eigenvalue weighted by molar-refractivity contribution is 0.0624. The second-order valence-electron chi connectivity index (χ2n) is 9.40. The molecule has 1 saturated heterocycles. The lowest BCUT2D eigenvalue weighted by Crippen LogP contribution is -2.37. The summed E-state index contributed by atoms with van der Waals surface area (Å²) in [7, 11) is 1.42. The van der Waals surface area contributed by atoms with Gasteiger partial charge in [0.2, 0.25) is 0 Å². The Morgan fingerprint density at radius 2 is 1.97 bits per heavy atom. The Morgan fingerprint density at radius 3 is 2.74 bits per heavy atom. The predicted molar refractivity (Wildman–Crippen MR) is 147 cm³/mol. The van der Waals surface area contributed by atoms with E-state index >= 15 is 0 Å². The summed E-state index contributed by atoms with van der Waals surface area (Å²) < 4.78 is 11.3. The van der Waals surface area contributed by atoms with Crippen LogP contribution in [-0.4, -0.2) is 67.4 Å². The molecule has 9 nitrogen and oxygen atoms in total. The minimum Gasteiger partial charge on any atom is -0.507 e. The number of carbonyl (C=O) groups excluding carboxylic acids is 2. The van der Waals surface area contributed by atoms with Gasteiger partial charge in [0.05, 0.1) is 18.2 Å². The van der Waals surface area contributed by atoms with Gasteiger partial charge in [0.1, 0.15) is 17.0 Å². The van der Waals surface area contributed by atoms with Crippen LogP contribution in [0.3, 0.4) is 0 Å². The lowest BCUT2D eigenvalue weighted by atomic mass is 10.0. The average molecular weight is 543 g/mol. The first-order valence-electron chi connectivity index (χ1n) is 13.0. The van der Waals surface area contributed by atoms with Crippen LogP contribution in [0, 0.1) is 0 Å². The third-order valence-corrected chi connectivity index (χ3v) is 7.05. The summed E-state index contributed by atoms with van der Waals surface area (Å²) in [5.74, 6) is -0.486. The molecule has 2 heterocycles. The number of rotatable bonds is 12. The van der Waals surface area contributed by atoms with Gasteiger partial charge in [-0.05, 0) is 49.4 Å². The Labute approximate surface area is 227 Å². The van der Waals surface area contributed by atoms with Crippen molar-refractivity contribution in [1.82, 2.24) is 20.9 Å². The van der Waals surface area contributed by atoms with E-state index in [1.165, 1.54) is 7.11 Å². The quantitative estimate of drug-likeness (QED) is 0.222. The van der Waals surface area contributed by atoms with E-state index in [1.807, 2.05) is 37.3 Å². The Morgan fingerprint density at radius 1 is 1.16 bits per heavy atom. The van der Waals surface area contributed by atoms with Crippen LogP contribution in [-0.2, 0) is 11.2 Å². The molecule has 1 fully saturated rings. The number of phenolic OH excluding ortho intramolecular Hbond substituents is 1. The fourth-order valence-corrected chi connectivity index (χ4v) is 5.00. The zero-order valence-electron chi connectivity index (χ0n) is 21.7. The van der Waals surface area contributed by atoms with Crippen LogP contribution in [0.15, 0.2) is 36.4 Å². The number of ether oxygens (including phenoxy) is 2. The SMILES string of the molecule is CCc1cc(Cl)c(OC)c(C(=O)NC[C@@H]2C[C@@H](OCCCCNC(=O)c3cc4ccccc4[nH]3)CN2)c1O. The van der Waals surface area contributed by atoms with Crippen molar-refractivity contribution < 1.29 is 24.2 Å². The molecule has 1 aliphatic heterocycles. The molecule has 0 aliphatic carbocycles. The fraction of sp³-hybridized carbons (Fsp3) is 0.429. The number of carbonyl (C=O) groups is 2. The third-order valence-electron chi connectivity index (χ3n) is 6.77. The maximum atomic E-state index is 12.9. The number of aromatic hydroxyl groups is 1.